The molecule has 0 saturated carbocycles. The summed E-state index contributed by atoms with van der Waals surface area (Å²) >= 11 is 0. The van der Waals surface area contributed by atoms with Crippen molar-refractivity contribution in [1.82, 2.24) is 5.32 Å². The number of benzene rings is 1. The predicted molar refractivity (Wildman–Crippen MR) is 150 cm³/mol. The van der Waals surface area contributed by atoms with Crippen molar-refractivity contribution >= 4 is 23.1 Å². The van der Waals surface area contributed by atoms with E-state index < -0.39 is 12.2 Å². The van der Waals surface area contributed by atoms with E-state index in [0.29, 0.717) is 29.8 Å². The quantitative estimate of drug-likeness (QED) is 0.164. The van der Waals surface area contributed by atoms with Crippen molar-refractivity contribution in [3.05, 3.63) is 53.0 Å². The van der Waals surface area contributed by atoms with E-state index in [4.69, 9.17) is 11.1 Å². The van der Waals surface area contributed by atoms with E-state index in [9.17, 15) is 18.0 Å². The van der Waals surface area contributed by atoms with Crippen molar-refractivity contribution in [2.45, 2.75) is 105 Å². The number of aliphatic imine (C=N–C) groups is 1. The van der Waals surface area contributed by atoms with Gasteiger partial charge in [0.15, 0.2) is 0 Å². The third-order valence-corrected chi connectivity index (χ3v) is 5.51. The minimum atomic E-state index is -2.17. The Morgan fingerprint density at radius 1 is 1.11 bits per heavy atom. The molecule has 5 nitrogen and oxygen atoms in total. The van der Waals surface area contributed by atoms with Crippen LogP contribution in [-0.2, 0) is 4.79 Å². The molecule has 0 atom stereocenters. The molecule has 0 bridgehead atoms. The van der Waals surface area contributed by atoms with Crippen LogP contribution in [0.1, 0.15) is 104 Å². The van der Waals surface area contributed by atoms with E-state index in [0.717, 1.165) is 18.9 Å². The standard InChI is InChI=1S/C18H21FN4O.C9H20.C2H4F2/c1-3-4-9-22-18-13(7-8-16(24)23-18)11(2)17(21)14-6-5-12(19)10-15(14)20;1-3-5-7-9-8-6-4-2;1-2(3)4/h4-6,9-10,21H,3,7-8,20H2,1-2H3,(H,22,23,24);3-9H2,1-2H3;2H,1H3/b9-4+,13-11+,21-17?;;. The van der Waals surface area contributed by atoms with Gasteiger partial charge in [-0.1, -0.05) is 71.8 Å². The molecule has 1 amide bonds. The van der Waals surface area contributed by atoms with Crippen molar-refractivity contribution in [2.24, 2.45) is 4.99 Å². The summed E-state index contributed by atoms with van der Waals surface area (Å²) in [6, 6.07) is 3.97. The van der Waals surface area contributed by atoms with E-state index in [1.165, 1.54) is 63.1 Å². The number of nitrogens with two attached hydrogens (primary N) is 1. The third-order valence-electron chi connectivity index (χ3n) is 5.51. The van der Waals surface area contributed by atoms with E-state index >= 15 is 0 Å². The Morgan fingerprint density at radius 2 is 1.68 bits per heavy atom. The molecule has 0 unspecified atom stereocenters. The number of nitrogens with zero attached hydrogens (tertiary/aromatic N) is 1. The van der Waals surface area contributed by atoms with Crippen LogP contribution in [0.5, 0.6) is 0 Å². The molecule has 208 valence electrons. The van der Waals surface area contributed by atoms with Crippen LogP contribution < -0.4 is 11.1 Å². The average Bonchev–Trinajstić information content (AvgIpc) is 2.84. The molecule has 0 aliphatic carbocycles. The molecule has 37 heavy (non-hydrogen) atoms. The maximum atomic E-state index is 13.2. The monoisotopic (exact) mass is 522 g/mol. The smallest absolute Gasteiger partial charge is 0.235 e. The number of piperidine rings is 1. The number of amides is 1. The Labute approximate surface area is 221 Å². The molecule has 4 N–H and O–H groups in total. The number of hydrogen-bond acceptors (Lipinski definition) is 4. The lowest BCUT2D eigenvalue weighted by molar-refractivity contribution is -0.119. The number of halogens is 3. The summed E-state index contributed by atoms with van der Waals surface area (Å²) < 4.78 is 33.9. The molecular weight excluding hydrogens is 477 g/mol. The molecule has 1 aromatic carbocycles. The fourth-order valence-electron chi connectivity index (χ4n) is 3.48. The van der Waals surface area contributed by atoms with Gasteiger partial charge in [0.1, 0.15) is 11.7 Å². The molecule has 1 saturated heterocycles. The van der Waals surface area contributed by atoms with Gasteiger partial charge >= 0.3 is 0 Å². The Morgan fingerprint density at radius 3 is 2.19 bits per heavy atom. The number of nitrogens with one attached hydrogen (secondary N) is 2. The van der Waals surface area contributed by atoms with Crippen LogP contribution in [0.3, 0.4) is 0 Å². The number of carbonyl (C=O) groups is 1. The number of allylic oxidation sites excluding steroid dienone is 2. The summed E-state index contributed by atoms with van der Waals surface area (Å²) in [7, 11) is 0. The number of anilines is 1. The van der Waals surface area contributed by atoms with Gasteiger partial charge in [-0.05, 0) is 50.5 Å². The van der Waals surface area contributed by atoms with Crippen molar-refractivity contribution < 1.29 is 18.0 Å². The zero-order valence-corrected chi connectivity index (χ0v) is 23.1. The van der Waals surface area contributed by atoms with Crippen LogP contribution in [0.15, 0.2) is 46.6 Å². The van der Waals surface area contributed by atoms with Crippen molar-refractivity contribution in [3.63, 3.8) is 0 Å². The number of unbranched alkanes of at least 4 members (excludes halogenated alkanes) is 6. The second-order valence-corrected chi connectivity index (χ2v) is 8.82. The fourth-order valence-corrected chi connectivity index (χ4v) is 3.48. The molecular formula is C29H45F3N4O. The SMILES string of the molecule is CC(F)F.CC/C=C/N=C1\NC(=O)CC\C1=C(\C)C(=N)c1ccc(F)cc1N.CCCCCCCCC. The van der Waals surface area contributed by atoms with E-state index in [-0.39, 0.29) is 17.3 Å². The molecule has 0 spiro atoms. The van der Waals surface area contributed by atoms with Gasteiger partial charge in [-0.15, -0.1) is 0 Å². The van der Waals surface area contributed by atoms with Crippen LogP contribution in [0, 0.1) is 11.2 Å². The van der Waals surface area contributed by atoms with Gasteiger partial charge in [-0.25, -0.2) is 18.2 Å². The van der Waals surface area contributed by atoms with Crippen LogP contribution in [0.4, 0.5) is 18.9 Å². The zero-order chi connectivity index (χ0) is 28.2. The van der Waals surface area contributed by atoms with E-state index in [1.54, 1.807) is 13.1 Å². The molecule has 1 aliphatic heterocycles. The highest BCUT2D eigenvalue weighted by atomic mass is 19.3. The van der Waals surface area contributed by atoms with E-state index in [1.807, 2.05) is 13.0 Å². The molecule has 1 aromatic rings. The lowest BCUT2D eigenvalue weighted by atomic mass is 9.93. The van der Waals surface area contributed by atoms with Crippen LogP contribution in [0.2, 0.25) is 0 Å². The van der Waals surface area contributed by atoms with Gasteiger partial charge in [0, 0.05) is 29.4 Å². The van der Waals surface area contributed by atoms with Gasteiger partial charge in [0.2, 0.25) is 12.3 Å². The number of hydrogen-bond donors (Lipinski definition) is 3. The van der Waals surface area contributed by atoms with Crippen molar-refractivity contribution in [3.8, 4) is 0 Å². The summed E-state index contributed by atoms with van der Waals surface area (Å²) in [5.74, 6) is -0.0758. The van der Waals surface area contributed by atoms with Crippen LogP contribution >= 0.6 is 0 Å². The highest BCUT2D eigenvalue weighted by Gasteiger charge is 2.22. The summed E-state index contributed by atoms with van der Waals surface area (Å²) in [6.07, 6.45) is 13.0. The van der Waals surface area contributed by atoms with Crippen molar-refractivity contribution in [1.29, 1.82) is 5.41 Å². The largest absolute Gasteiger partial charge is 0.398 e. The summed E-state index contributed by atoms with van der Waals surface area (Å²) in [6.45, 7) is 9.14. The second-order valence-electron chi connectivity index (χ2n) is 8.82. The first-order valence-electron chi connectivity index (χ1n) is 13.2. The number of nitrogen functional groups attached to an aromatic ring is 1. The number of carbonyl (C=O) groups excluding carboxylic acids is 1. The predicted octanol–water partition coefficient (Wildman–Crippen LogP) is 8.35. The van der Waals surface area contributed by atoms with Gasteiger partial charge in [-0.3, -0.25) is 10.2 Å². The first-order chi connectivity index (χ1) is 17.6. The molecule has 0 radical (unpaired) electrons. The topological polar surface area (TPSA) is 91.3 Å². The molecule has 1 aliphatic rings. The number of rotatable bonds is 10. The first kappa shape index (κ1) is 34.1. The van der Waals surface area contributed by atoms with Gasteiger partial charge in [0.25, 0.3) is 0 Å². The maximum Gasteiger partial charge on any atom is 0.235 e. The normalized spacial score (nSPS) is 15.6. The lowest BCUT2D eigenvalue weighted by Crippen LogP contribution is -2.37. The maximum absolute atomic E-state index is 13.2. The molecule has 2 rings (SSSR count). The summed E-state index contributed by atoms with van der Waals surface area (Å²) in [5, 5.41) is 11.1. The van der Waals surface area contributed by atoms with E-state index in [2.05, 4.69) is 24.2 Å². The highest BCUT2D eigenvalue weighted by molar-refractivity contribution is 6.20. The fraction of sp³-hybridized carbons (Fsp3) is 0.552. The molecule has 8 heteroatoms. The Balaban J connectivity index is 0.000000828. The van der Waals surface area contributed by atoms with Gasteiger partial charge < -0.3 is 11.1 Å². The number of alkyl halides is 2. The minimum absolute atomic E-state index is 0.0944. The van der Waals surface area contributed by atoms with Crippen molar-refractivity contribution in [2.75, 3.05) is 5.73 Å². The van der Waals surface area contributed by atoms with Crippen LogP contribution in [-0.4, -0.2) is 23.9 Å². The Kier molecular flexibility index (Phi) is 18.6. The first-order valence-corrected chi connectivity index (χ1v) is 13.2. The summed E-state index contributed by atoms with van der Waals surface area (Å²) in [5.41, 5.74) is 8.16. The highest BCUT2D eigenvalue weighted by Crippen LogP contribution is 2.23. The summed E-state index contributed by atoms with van der Waals surface area (Å²) in [4.78, 5) is 15.9. The second kappa shape index (κ2) is 20.2. The van der Waals surface area contributed by atoms with Gasteiger partial charge in [-0.2, -0.15) is 0 Å². The zero-order valence-electron chi connectivity index (χ0n) is 23.1. The molecule has 1 heterocycles. The van der Waals surface area contributed by atoms with Gasteiger partial charge in [0.05, 0.1) is 5.71 Å². The van der Waals surface area contributed by atoms with Crippen LogP contribution in [0.25, 0.3) is 0 Å². The molecule has 1 fully saturated rings. The molecule has 0 aromatic heterocycles. The minimum Gasteiger partial charge on any atom is -0.398 e. The third kappa shape index (κ3) is 15.1. The number of amidine groups is 1. The average molecular weight is 523 g/mol. The Bertz CT molecular complexity index is 915. The Hall–Kier alpha value is -2.90. The lowest BCUT2D eigenvalue weighted by Gasteiger charge is -2.21.